The maximum atomic E-state index is 14.8. The van der Waals surface area contributed by atoms with Crippen LogP contribution < -0.4 is 9.80 Å². The summed E-state index contributed by atoms with van der Waals surface area (Å²) in [6.45, 7) is 6.78. The predicted molar refractivity (Wildman–Crippen MR) is 183 cm³/mol. The average molecular weight is 676 g/mol. The molecule has 3 aromatic rings. The van der Waals surface area contributed by atoms with Gasteiger partial charge in [0.15, 0.2) is 13.9 Å². The number of anilines is 2. The topological polar surface area (TPSA) is 111 Å². The summed E-state index contributed by atoms with van der Waals surface area (Å²) in [7, 11) is -3.01. The largest absolute Gasteiger partial charge is 0.432 e. The number of rotatable bonds is 10. The molecule has 2 saturated heterocycles. The zero-order valence-electron chi connectivity index (χ0n) is 27.1. The van der Waals surface area contributed by atoms with E-state index in [1.165, 1.54) is 0 Å². The average Bonchev–Trinajstić information content (AvgIpc) is 3.66. The van der Waals surface area contributed by atoms with Crippen LogP contribution in [0.25, 0.3) is 0 Å². The van der Waals surface area contributed by atoms with E-state index in [0.29, 0.717) is 35.8 Å². The fourth-order valence-corrected chi connectivity index (χ4v) is 10.6. The Balaban J connectivity index is 1.33. The lowest BCUT2D eigenvalue weighted by Crippen LogP contribution is -2.46. The SMILES string of the molecule is C[C@H]1[C@H]([Si](C)(C)O)[C@@H](CC(=O)N(CCO)Cc2ccccc2)O[C@]12C(=O)N(Cc1cccc(N3CCCC3=O)c1)c1ccc(Cl)cc12. The Labute approximate surface area is 281 Å². The Morgan fingerprint density at radius 3 is 2.49 bits per heavy atom. The van der Waals surface area contributed by atoms with Gasteiger partial charge in [-0.3, -0.25) is 14.4 Å². The van der Waals surface area contributed by atoms with Crippen LogP contribution in [0.3, 0.4) is 0 Å². The first-order chi connectivity index (χ1) is 22.4. The van der Waals surface area contributed by atoms with Gasteiger partial charge < -0.3 is 29.3 Å². The highest BCUT2D eigenvalue weighted by atomic mass is 35.5. The smallest absolute Gasteiger partial charge is 0.264 e. The van der Waals surface area contributed by atoms with Crippen LogP contribution in [0.5, 0.6) is 0 Å². The van der Waals surface area contributed by atoms with Crippen LogP contribution in [-0.4, -0.2) is 66.6 Å². The minimum atomic E-state index is -3.01. The second-order valence-electron chi connectivity index (χ2n) is 13.5. The van der Waals surface area contributed by atoms with Crippen molar-refractivity contribution in [2.45, 2.75) is 69.6 Å². The van der Waals surface area contributed by atoms with Gasteiger partial charge >= 0.3 is 0 Å². The predicted octanol–water partition coefficient (Wildman–Crippen LogP) is 5.22. The Morgan fingerprint density at radius 2 is 1.81 bits per heavy atom. The van der Waals surface area contributed by atoms with Crippen molar-refractivity contribution in [1.82, 2.24) is 4.90 Å². The van der Waals surface area contributed by atoms with Crippen LogP contribution in [0, 0.1) is 5.92 Å². The quantitative estimate of drug-likeness (QED) is 0.285. The molecule has 2 N–H and O–H groups in total. The van der Waals surface area contributed by atoms with Crippen molar-refractivity contribution >= 4 is 49.0 Å². The summed E-state index contributed by atoms with van der Waals surface area (Å²) in [5.41, 5.74) is 2.00. The van der Waals surface area contributed by atoms with Gasteiger partial charge in [0.2, 0.25) is 11.8 Å². The second-order valence-corrected chi connectivity index (χ2v) is 17.9. The van der Waals surface area contributed by atoms with E-state index >= 15 is 0 Å². The van der Waals surface area contributed by atoms with Crippen molar-refractivity contribution in [2.24, 2.45) is 5.92 Å². The van der Waals surface area contributed by atoms with Crippen LogP contribution in [0.2, 0.25) is 23.7 Å². The van der Waals surface area contributed by atoms with Crippen LogP contribution in [0.1, 0.15) is 42.9 Å². The van der Waals surface area contributed by atoms with Crippen LogP contribution in [0.15, 0.2) is 72.8 Å². The van der Waals surface area contributed by atoms with E-state index in [0.717, 1.165) is 23.2 Å². The number of amides is 3. The second kappa shape index (κ2) is 13.2. The summed E-state index contributed by atoms with van der Waals surface area (Å²) in [6, 6.07) is 22.6. The molecule has 4 atom stereocenters. The number of ether oxygens (including phenoxy) is 1. The summed E-state index contributed by atoms with van der Waals surface area (Å²) in [5, 5.41) is 10.2. The summed E-state index contributed by atoms with van der Waals surface area (Å²) < 4.78 is 6.85. The summed E-state index contributed by atoms with van der Waals surface area (Å²) in [4.78, 5) is 57.8. The van der Waals surface area contributed by atoms with E-state index in [4.69, 9.17) is 16.3 Å². The first kappa shape index (κ1) is 33.4. The van der Waals surface area contributed by atoms with Crippen molar-refractivity contribution < 1.29 is 29.0 Å². The number of halogens is 1. The molecule has 0 bridgehead atoms. The third-order valence-electron chi connectivity index (χ3n) is 9.90. The molecule has 2 fully saturated rings. The first-order valence-corrected chi connectivity index (χ1v) is 19.7. The minimum Gasteiger partial charge on any atom is -0.432 e. The number of aliphatic hydroxyl groups excluding tert-OH is 1. The van der Waals surface area contributed by atoms with E-state index in [1.54, 1.807) is 26.8 Å². The first-order valence-electron chi connectivity index (χ1n) is 16.3. The van der Waals surface area contributed by atoms with Gasteiger partial charge in [0.05, 0.1) is 31.4 Å². The number of benzene rings is 3. The highest BCUT2D eigenvalue weighted by Gasteiger charge is 2.66. The normalized spacial score (nSPS) is 24.0. The Morgan fingerprint density at radius 1 is 1.06 bits per heavy atom. The van der Waals surface area contributed by atoms with Gasteiger partial charge in [-0.05, 0) is 61.0 Å². The maximum Gasteiger partial charge on any atom is 0.264 e. The standard InChI is InChI=1S/C36H42ClN3O6Si/c1-24-34(47(2,3)45)31(21-33(43)38(17-18-41)22-25-9-5-4-6-10-25)46-36(24)29-20-27(37)14-15-30(29)40(35(36)44)23-26-11-7-12-28(19-26)39-16-8-13-32(39)42/h4-7,9-12,14-15,19-20,24,31,34,41,45H,8,13,16-18,21-23H2,1-3H3/t24-,31+,34-,36+/m0/s1. The van der Waals surface area contributed by atoms with Gasteiger partial charge in [0.25, 0.3) is 5.91 Å². The molecule has 3 amide bonds. The zero-order valence-corrected chi connectivity index (χ0v) is 28.8. The van der Waals surface area contributed by atoms with Crippen LogP contribution >= 0.6 is 11.6 Å². The summed E-state index contributed by atoms with van der Waals surface area (Å²) in [6.07, 6.45) is 0.565. The van der Waals surface area contributed by atoms with E-state index in [1.807, 2.05) is 80.7 Å². The summed E-state index contributed by atoms with van der Waals surface area (Å²) >= 11 is 6.55. The van der Waals surface area contributed by atoms with Gasteiger partial charge in [-0.2, -0.15) is 0 Å². The molecule has 0 saturated carbocycles. The lowest BCUT2D eigenvalue weighted by molar-refractivity contribution is -0.150. The van der Waals surface area contributed by atoms with E-state index in [-0.39, 0.29) is 43.8 Å². The Kier molecular flexibility index (Phi) is 9.34. The fourth-order valence-electron chi connectivity index (χ4n) is 7.85. The van der Waals surface area contributed by atoms with Crippen molar-refractivity contribution in [1.29, 1.82) is 0 Å². The van der Waals surface area contributed by atoms with Crippen molar-refractivity contribution in [3.63, 3.8) is 0 Å². The molecule has 9 nitrogen and oxygen atoms in total. The molecule has 3 aromatic carbocycles. The van der Waals surface area contributed by atoms with Gasteiger partial charge in [-0.1, -0.05) is 61.0 Å². The van der Waals surface area contributed by atoms with Gasteiger partial charge in [0, 0.05) is 53.8 Å². The number of nitrogens with zero attached hydrogens (tertiary/aromatic N) is 3. The molecule has 0 aromatic heterocycles. The molecule has 47 heavy (non-hydrogen) atoms. The zero-order chi connectivity index (χ0) is 33.5. The fraction of sp³-hybridized carbons (Fsp3) is 0.417. The number of hydrogen-bond donors (Lipinski definition) is 2. The highest BCUT2D eigenvalue weighted by molar-refractivity contribution is 6.71. The van der Waals surface area contributed by atoms with E-state index < -0.39 is 31.5 Å². The number of hydrogen-bond acceptors (Lipinski definition) is 6. The molecule has 6 rings (SSSR count). The molecule has 11 heteroatoms. The molecule has 0 aliphatic carbocycles. The molecule has 248 valence electrons. The van der Waals surface area contributed by atoms with Gasteiger partial charge in [-0.15, -0.1) is 0 Å². The maximum absolute atomic E-state index is 14.8. The molecular formula is C36H42ClN3O6Si. The molecule has 0 unspecified atom stereocenters. The highest BCUT2D eigenvalue weighted by Crippen LogP contribution is 2.60. The third-order valence-corrected chi connectivity index (χ3v) is 12.6. The lowest BCUT2D eigenvalue weighted by Gasteiger charge is -2.32. The molecule has 3 heterocycles. The van der Waals surface area contributed by atoms with Gasteiger partial charge in [0.1, 0.15) is 0 Å². The molecule has 1 spiro atoms. The van der Waals surface area contributed by atoms with Crippen molar-refractivity contribution in [3.8, 4) is 0 Å². The summed E-state index contributed by atoms with van der Waals surface area (Å²) in [5.74, 6) is -0.854. The van der Waals surface area contributed by atoms with E-state index in [2.05, 4.69) is 0 Å². The Hall–Kier alpha value is -3.54. The minimum absolute atomic E-state index is 0.0460. The number of carbonyl (C=O) groups excluding carboxylic acids is 3. The molecule has 0 radical (unpaired) electrons. The Bertz CT molecular complexity index is 1670. The van der Waals surface area contributed by atoms with Gasteiger partial charge in [-0.25, -0.2) is 0 Å². The molecular weight excluding hydrogens is 634 g/mol. The molecule has 3 aliphatic heterocycles. The monoisotopic (exact) mass is 675 g/mol. The number of carbonyl (C=O) groups is 3. The molecule has 3 aliphatic rings. The van der Waals surface area contributed by atoms with Crippen LogP contribution in [0.4, 0.5) is 11.4 Å². The third kappa shape index (κ3) is 6.25. The van der Waals surface area contributed by atoms with Crippen LogP contribution in [-0.2, 0) is 37.8 Å². The van der Waals surface area contributed by atoms with E-state index in [9.17, 15) is 24.3 Å². The van der Waals surface area contributed by atoms with Crippen molar-refractivity contribution in [2.75, 3.05) is 29.5 Å². The number of fused-ring (bicyclic) bond motifs is 2. The number of aliphatic hydroxyl groups is 1. The lowest BCUT2D eigenvalue weighted by atomic mass is 9.82. The van der Waals surface area contributed by atoms with Crippen molar-refractivity contribution in [3.05, 3.63) is 94.5 Å².